The van der Waals surface area contributed by atoms with Crippen molar-refractivity contribution in [1.82, 2.24) is 14.5 Å². The number of hydrogen-bond donors (Lipinski definition) is 0. The second-order valence-corrected chi connectivity index (χ2v) is 13.5. The van der Waals surface area contributed by atoms with E-state index in [-0.39, 0.29) is 0 Å². The molecule has 4 heteroatoms. The van der Waals surface area contributed by atoms with Crippen LogP contribution in [0.4, 0.5) is 0 Å². The zero-order valence-electron chi connectivity index (χ0n) is 26.1. The molecule has 0 unspecified atom stereocenters. The molecule has 0 aliphatic heterocycles. The number of thiophene rings is 1. The van der Waals surface area contributed by atoms with E-state index in [9.17, 15) is 0 Å². The van der Waals surface area contributed by atoms with Gasteiger partial charge >= 0.3 is 0 Å². The zero-order valence-corrected chi connectivity index (χ0v) is 26.9. The van der Waals surface area contributed by atoms with E-state index in [0.29, 0.717) is 0 Å². The SMILES string of the molecule is C1=Cc2c(n(-c3cnc(-c4ccccc4)nc3-c3ccccc3)c3c4sc5ccc(-c6ccccc6)cc5c4c4ccccc4c23)CC1. The lowest BCUT2D eigenvalue weighted by molar-refractivity contribution is 0.883. The summed E-state index contributed by atoms with van der Waals surface area (Å²) in [6.45, 7) is 0. The summed E-state index contributed by atoms with van der Waals surface area (Å²) >= 11 is 1.90. The first-order valence-electron chi connectivity index (χ1n) is 16.5. The molecule has 226 valence electrons. The Hall–Kier alpha value is -5.84. The second kappa shape index (κ2) is 10.9. The largest absolute Gasteiger partial charge is 0.308 e. The van der Waals surface area contributed by atoms with Crippen LogP contribution in [0.3, 0.4) is 0 Å². The Balaban J connectivity index is 1.36. The molecule has 1 aliphatic carbocycles. The minimum absolute atomic E-state index is 0.731. The number of aromatic nitrogens is 3. The Morgan fingerprint density at radius 1 is 0.604 bits per heavy atom. The van der Waals surface area contributed by atoms with Gasteiger partial charge in [-0.05, 0) is 46.9 Å². The summed E-state index contributed by atoms with van der Waals surface area (Å²) in [6.07, 6.45) is 8.68. The summed E-state index contributed by atoms with van der Waals surface area (Å²) in [5.41, 5.74) is 10.4. The number of benzene rings is 6. The van der Waals surface area contributed by atoms with Crippen molar-refractivity contribution in [2.75, 3.05) is 0 Å². The van der Waals surface area contributed by atoms with Crippen molar-refractivity contribution in [2.24, 2.45) is 0 Å². The highest BCUT2D eigenvalue weighted by molar-refractivity contribution is 7.27. The predicted octanol–water partition coefficient (Wildman–Crippen LogP) is 11.9. The Bertz CT molecular complexity index is 2700. The number of fused-ring (bicyclic) bond motifs is 10. The minimum atomic E-state index is 0.731. The van der Waals surface area contributed by atoms with Gasteiger partial charge in [0.2, 0.25) is 0 Å². The minimum Gasteiger partial charge on any atom is -0.308 e. The molecule has 9 aromatic rings. The summed E-state index contributed by atoms with van der Waals surface area (Å²) in [5, 5.41) is 6.52. The third-order valence-electron chi connectivity index (χ3n) is 9.71. The van der Waals surface area contributed by atoms with Gasteiger partial charge in [0.25, 0.3) is 0 Å². The van der Waals surface area contributed by atoms with E-state index >= 15 is 0 Å². The van der Waals surface area contributed by atoms with E-state index in [2.05, 4.69) is 138 Å². The molecule has 0 amide bonds. The van der Waals surface area contributed by atoms with Crippen molar-refractivity contribution in [1.29, 1.82) is 0 Å². The first-order chi connectivity index (χ1) is 23.8. The van der Waals surface area contributed by atoms with Gasteiger partial charge in [-0.1, -0.05) is 133 Å². The molecule has 0 saturated heterocycles. The predicted molar refractivity (Wildman–Crippen MR) is 203 cm³/mol. The lowest BCUT2D eigenvalue weighted by Crippen LogP contribution is -2.07. The third kappa shape index (κ3) is 4.13. The smallest absolute Gasteiger partial charge is 0.159 e. The Morgan fingerprint density at radius 3 is 2.02 bits per heavy atom. The van der Waals surface area contributed by atoms with Crippen LogP contribution in [0, 0.1) is 0 Å². The lowest BCUT2D eigenvalue weighted by Gasteiger charge is -2.17. The standard InChI is InChI=1S/C44H29N3S/c1-4-14-28(15-5-1)31-24-25-38-35(26-31)40-33-21-11-10-20-32(33)39-34-22-12-13-23-36(34)47(42(39)43(40)48-38)37-27-45-44(30-18-8-3-9-19-30)46-41(37)29-16-6-2-7-17-29/h1-12,14-22,24-27H,13,23H2. The molecule has 3 nitrogen and oxygen atoms in total. The normalized spacial score (nSPS) is 12.8. The van der Waals surface area contributed by atoms with Crippen LogP contribution in [0.5, 0.6) is 0 Å². The molecule has 0 spiro atoms. The van der Waals surface area contributed by atoms with Crippen molar-refractivity contribution < 1.29 is 0 Å². The third-order valence-corrected chi connectivity index (χ3v) is 10.9. The van der Waals surface area contributed by atoms with E-state index in [1.54, 1.807) is 0 Å². The molecule has 0 saturated carbocycles. The van der Waals surface area contributed by atoms with Crippen LogP contribution in [0.1, 0.15) is 17.7 Å². The summed E-state index contributed by atoms with van der Waals surface area (Å²) in [7, 11) is 0. The van der Waals surface area contributed by atoms with Crippen LogP contribution >= 0.6 is 11.3 Å². The molecular weight excluding hydrogens is 603 g/mol. The van der Waals surface area contributed by atoms with Gasteiger partial charge in [0, 0.05) is 43.2 Å². The molecule has 6 aromatic carbocycles. The highest BCUT2D eigenvalue weighted by atomic mass is 32.1. The van der Waals surface area contributed by atoms with Crippen molar-refractivity contribution in [3.8, 4) is 39.5 Å². The van der Waals surface area contributed by atoms with Crippen LogP contribution in [-0.4, -0.2) is 14.5 Å². The zero-order chi connectivity index (χ0) is 31.6. The van der Waals surface area contributed by atoms with Crippen LogP contribution in [0.25, 0.3) is 87.4 Å². The van der Waals surface area contributed by atoms with Gasteiger partial charge in [-0.2, -0.15) is 0 Å². The maximum atomic E-state index is 5.31. The molecule has 0 fully saturated rings. The fraction of sp³-hybridized carbons (Fsp3) is 0.0455. The van der Waals surface area contributed by atoms with Crippen LogP contribution in [0.2, 0.25) is 0 Å². The van der Waals surface area contributed by atoms with E-state index < -0.39 is 0 Å². The van der Waals surface area contributed by atoms with Crippen molar-refractivity contribution in [3.63, 3.8) is 0 Å². The first-order valence-corrected chi connectivity index (χ1v) is 17.3. The monoisotopic (exact) mass is 631 g/mol. The number of hydrogen-bond acceptors (Lipinski definition) is 3. The first kappa shape index (κ1) is 27.3. The molecule has 10 rings (SSSR count). The van der Waals surface area contributed by atoms with Crippen molar-refractivity contribution in [3.05, 3.63) is 157 Å². The number of allylic oxidation sites excluding steroid dienone is 1. The van der Waals surface area contributed by atoms with Gasteiger partial charge in [0.15, 0.2) is 5.82 Å². The van der Waals surface area contributed by atoms with E-state index in [1.807, 2.05) is 29.5 Å². The van der Waals surface area contributed by atoms with Gasteiger partial charge in [0.1, 0.15) is 0 Å². The van der Waals surface area contributed by atoms with Gasteiger partial charge in [-0.15, -0.1) is 11.3 Å². The van der Waals surface area contributed by atoms with Crippen LogP contribution in [0.15, 0.2) is 146 Å². The van der Waals surface area contributed by atoms with Crippen molar-refractivity contribution >= 4 is 59.3 Å². The lowest BCUT2D eigenvalue weighted by atomic mass is 9.95. The Kier molecular flexibility index (Phi) is 6.18. The summed E-state index contributed by atoms with van der Waals surface area (Å²) < 4.78 is 5.11. The second-order valence-electron chi connectivity index (χ2n) is 12.4. The van der Waals surface area contributed by atoms with Gasteiger partial charge < -0.3 is 4.57 Å². The van der Waals surface area contributed by atoms with Gasteiger partial charge in [-0.3, -0.25) is 0 Å². The fourth-order valence-corrected chi connectivity index (χ4v) is 8.81. The fourth-order valence-electron chi connectivity index (χ4n) is 7.57. The number of rotatable bonds is 4. The molecule has 3 aromatic heterocycles. The molecule has 1 aliphatic rings. The average Bonchev–Trinajstić information content (AvgIpc) is 3.72. The van der Waals surface area contributed by atoms with E-state index in [1.165, 1.54) is 64.2 Å². The maximum absolute atomic E-state index is 5.31. The molecular formula is C44H29N3S. The van der Waals surface area contributed by atoms with E-state index in [0.717, 1.165) is 41.2 Å². The molecule has 48 heavy (non-hydrogen) atoms. The molecule has 3 heterocycles. The molecule has 0 atom stereocenters. The summed E-state index contributed by atoms with van der Waals surface area (Å²) in [6, 6.07) is 47.5. The van der Waals surface area contributed by atoms with Crippen molar-refractivity contribution in [2.45, 2.75) is 12.8 Å². The van der Waals surface area contributed by atoms with Gasteiger partial charge in [-0.25, -0.2) is 9.97 Å². The van der Waals surface area contributed by atoms with E-state index in [4.69, 9.17) is 9.97 Å². The number of nitrogens with zero attached hydrogens (tertiary/aromatic N) is 3. The summed E-state index contributed by atoms with van der Waals surface area (Å²) in [5.74, 6) is 0.731. The molecule has 0 bridgehead atoms. The quantitative estimate of drug-likeness (QED) is 0.193. The molecule has 0 radical (unpaired) electrons. The van der Waals surface area contributed by atoms with Crippen LogP contribution < -0.4 is 0 Å². The summed E-state index contributed by atoms with van der Waals surface area (Å²) in [4.78, 5) is 10.3. The molecule has 0 N–H and O–H groups in total. The Morgan fingerprint density at radius 2 is 1.27 bits per heavy atom. The maximum Gasteiger partial charge on any atom is 0.159 e. The van der Waals surface area contributed by atoms with Crippen LogP contribution in [-0.2, 0) is 6.42 Å². The van der Waals surface area contributed by atoms with Gasteiger partial charge in [0.05, 0.1) is 27.8 Å². The average molecular weight is 632 g/mol. The Labute approximate surface area is 282 Å². The highest BCUT2D eigenvalue weighted by Crippen LogP contribution is 2.49. The topological polar surface area (TPSA) is 30.7 Å². The highest BCUT2D eigenvalue weighted by Gasteiger charge is 2.27.